The molecule has 0 saturated heterocycles. The van der Waals surface area contributed by atoms with Gasteiger partial charge in [-0.25, -0.2) is 0 Å². The van der Waals surface area contributed by atoms with E-state index >= 15 is 0 Å². The minimum atomic E-state index is -2.77. The zero-order valence-electron chi connectivity index (χ0n) is 35.1. The quantitative estimate of drug-likeness (QED) is 0.0422. The molecule has 1 aromatic heterocycles. The van der Waals surface area contributed by atoms with Gasteiger partial charge in [0.15, 0.2) is 0 Å². The maximum atomic E-state index is 7.82. The van der Waals surface area contributed by atoms with Crippen molar-refractivity contribution >= 4 is 37.4 Å². The highest BCUT2D eigenvalue weighted by molar-refractivity contribution is 7.00. The first-order chi connectivity index (χ1) is 27.1. The molecule has 0 bridgehead atoms. The summed E-state index contributed by atoms with van der Waals surface area (Å²) in [6.45, 7) is 14.9. The average Bonchev–Trinajstić information content (AvgIpc) is 3.21. The summed E-state index contributed by atoms with van der Waals surface area (Å²) in [6.07, 6.45) is 20.3. The number of hydrogen-bond donors (Lipinski definition) is 0. The maximum Gasteiger partial charge on any atom is 0.261 e. The summed E-state index contributed by atoms with van der Waals surface area (Å²) in [5.41, 5.74) is 1.35. The van der Waals surface area contributed by atoms with Gasteiger partial charge in [-0.05, 0) is 81.0 Å². The molecule has 0 radical (unpaired) electrons. The topological polar surface area (TPSA) is 31.4 Å². The van der Waals surface area contributed by atoms with E-state index in [0.29, 0.717) is 6.61 Å². The van der Waals surface area contributed by atoms with E-state index in [1.165, 1.54) is 64.8 Å². The lowest BCUT2D eigenvalue weighted by molar-refractivity contribution is 0.150. The molecule has 56 heavy (non-hydrogen) atoms. The van der Waals surface area contributed by atoms with Crippen LogP contribution in [0.1, 0.15) is 105 Å². The van der Waals surface area contributed by atoms with Crippen LogP contribution in [-0.2, 0) is 15.3 Å². The van der Waals surface area contributed by atoms with E-state index in [1.807, 2.05) is 18.5 Å². The summed E-state index contributed by atoms with van der Waals surface area (Å²) in [6, 6.07) is 48.4. The van der Waals surface area contributed by atoms with Crippen LogP contribution in [0.25, 0.3) is 0 Å². The minimum Gasteiger partial charge on any atom is -0.407 e. The van der Waals surface area contributed by atoms with Crippen molar-refractivity contribution in [3.63, 3.8) is 0 Å². The Hall–Kier alpha value is -3.88. The standard InChI is InChI=1S/C51H67NO2Si2/c1-50(2,3)55(46-32-20-14-21-33-46,47-34-22-15-23-35-47)53-42-40-45(31-19-13-11-9-7-8-10-12-18-29-44-30-28-41-52-43-44)54-56(51(4,5)6,48-36-24-16-25-37-48)49-38-26-17-27-39-49/h13-17,19-28,30,32-39,41,43,45H,7-12,18,29,31,40,42H2,1-6H3/b19-13-/t45-/m0/s1. The third-order valence-corrected chi connectivity index (χ3v) is 21.4. The Morgan fingerprint density at radius 2 is 1.00 bits per heavy atom. The summed E-state index contributed by atoms with van der Waals surface area (Å²) >= 11 is 0. The van der Waals surface area contributed by atoms with Crippen LogP contribution in [0.3, 0.4) is 0 Å². The second-order valence-electron chi connectivity index (χ2n) is 17.4. The molecule has 5 heteroatoms. The Bertz CT molecular complexity index is 1760. The molecular formula is C51H67NO2Si2. The predicted molar refractivity (Wildman–Crippen MR) is 245 cm³/mol. The van der Waals surface area contributed by atoms with Gasteiger partial charge in [0.25, 0.3) is 16.6 Å². The molecule has 296 valence electrons. The molecule has 4 aromatic carbocycles. The molecule has 0 amide bonds. The van der Waals surface area contributed by atoms with Crippen LogP contribution in [0.5, 0.6) is 0 Å². The van der Waals surface area contributed by atoms with Crippen LogP contribution in [0.2, 0.25) is 10.1 Å². The number of pyridine rings is 1. The molecule has 0 aliphatic heterocycles. The van der Waals surface area contributed by atoms with E-state index in [-0.39, 0.29) is 16.2 Å². The third-order valence-electron chi connectivity index (χ3n) is 11.3. The molecule has 0 spiro atoms. The van der Waals surface area contributed by atoms with Gasteiger partial charge >= 0.3 is 0 Å². The number of benzene rings is 4. The molecule has 1 atom stereocenters. The number of allylic oxidation sites excluding steroid dienone is 1. The molecule has 5 rings (SSSR count). The number of hydrogen-bond acceptors (Lipinski definition) is 3. The van der Waals surface area contributed by atoms with Gasteiger partial charge in [-0.2, -0.15) is 0 Å². The molecular weight excluding hydrogens is 715 g/mol. The van der Waals surface area contributed by atoms with Crippen LogP contribution < -0.4 is 20.7 Å². The maximum absolute atomic E-state index is 7.82. The summed E-state index contributed by atoms with van der Waals surface area (Å²) in [7, 11) is -5.46. The molecule has 3 nitrogen and oxygen atoms in total. The van der Waals surface area contributed by atoms with Crippen molar-refractivity contribution in [3.8, 4) is 0 Å². The van der Waals surface area contributed by atoms with Gasteiger partial charge in [0.1, 0.15) is 0 Å². The van der Waals surface area contributed by atoms with Crippen LogP contribution in [0.4, 0.5) is 0 Å². The molecule has 0 aliphatic carbocycles. The second-order valence-corrected chi connectivity index (χ2v) is 26.0. The Morgan fingerprint density at radius 3 is 1.46 bits per heavy atom. The molecule has 1 heterocycles. The number of aromatic nitrogens is 1. The average molecular weight is 782 g/mol. The number of rotatable bonds is 21. The zero-order valence-corrected chi connectivity index (χ0v) is 37.1. The van der Waals surface area contributed by atoms with Crippen LogP contribution in [0, 0.1) is 0 Å². The molecule has 0 saturated carbocycles. The van der Waals surface area contributed by atoms with E-state index in [0.717, 1.165) is 25.7 Å². The molecule has 0 unspecified atom stereocenters. The van der Waals surface area contributed by atoms with E-state index in [9.17, 15) is 0 Å². The van der Waals surface area contributed by atoms with Gasteiger partial charge in [-0.15, -0.1) is 0 Å². The van der Waals surface area contributed by atoms with E-state index in [4.69, 9.17) is 8.85 Å². The molecule has 0 aliphatic rings. The Morgan fingerprint density at radius 1 is 0.536 bits per heavy atom. The van der Waals surface area contributed by atoms with Gasteiger partial charge in [0.2, 0.25) is 0 Å². The monoisotopic (exact) mass is 781 g/mol. The first kappa shape index (κ1) is 43.3. The van der Waals surface area contributed by atoms with Gasteiger partial charge in [-0.1, -0.05) is 207 Å². The number of nitrogens with zero attached hydrogens (tertiary/aromatic N) is 1. The first-order valence-corrected chi connectivity index (χ1v) is 25.0. The summed E-state index contributed by atoms with van der Waals surface area (Å²) in [4.78, 5) is 4.25. The Kier molecular flexibility index (Phi) is 16.3. The van der Waals surface area contributed by atoms with Gasteiger partial charge in [0.05, 0.1) is 6.10 Å². The first-order valence-electron chi connectivity index (χ1n) is 21.2. The van der Waals surface area contributed by atoms with Crippen molar-refractivity contribution in [2.45, 2.75) is 122 Å². The van der Waals surface area contributed by atoms with Gasteiger partial charge in [-0.3, -0.25) is 4.98 Å². The van der Waals surface area contributed by atoms with Crippen molar-refractivity contribution in [3.05, 3.63) is 164 Å². The SMILES string of the molecule is CC(C)(C)[Si](OCC[C@H](C/C=C\CCCCCCCCc1cccnc1)O[Si](c1ccccc1)(c1ccccc1)C(C)(C)C)(c1ccccc1)c1ccccc1. The fourth-order valence-corrected chi connectivity index (χ4v) is 17.8. The normalized spacial score (nSPS) is 13.2. The highest BCUT2D eigenvalue weighted by Crippen LogP contribution is 2.39. The molecule has 0 N–H and O–H groups in total. The highest BCUT2D eigenvalue weighted by Gasteiger charge is 2.52. The summed E-state index contributed by atoms with van der Waals surface area (Å²) in [5, 5.41) is 5.09. The number of unbranched alkanes of at least 4 members (excludes halogenated alkanes) is 6. The highest BCUT2D eigenvalue weighted by atomic mass is 28.4. The van der Waals surface area contributed by atoms with Crippen molar-refractivity contribution in [2.24, 2.45) is 0 Å². The van der Waals surface area contributed by atoms with Crippen LogP contribution in [-0.4, -0.2) is 34.3 Å². The van der Waals surface area contributed by atoms with Crippen molar-refractivity contribution < 1.29 is 8.85 Å². The van der Waals surface area contributed by atoms with E-state index in [1.54, 1.807) is 0 Å². The third kappa shape index (κ3) is 11.2. The van der Waals surface area contributed by atoms with Crippen LogP contribution in [0.15, 0.2) is 158 Å². The van der Waals surface area contributed by atoms with Crippen molar-refractivity contribution in [1.82, 2.24) is 4.98 Å². The van der Waals surface area contributed by atoms with Crippen molar-refractivity contribution in [1.29, 1.82) is 0 Å². The van der Waals surface area contributed by atoms with Crippen molar-refractivity contribution in [2.75, 3.05) is 6.61 Å². The minimum absolute atomic E-state index is 0.00409. The number of aryl methyl sites for hydroxylation is 1. The fraction of sp³-hybridized carbons (Fsp3) is 0.392. The lowest BCUT2D eigenvalue weighted by atomic mass is 10.1. The molecule has 0 fully saturated rings. The second kappa shape index (κ2) is 21.0. The zero-order chi connectivity index (χ0) is 39.7. The molecule has 5 aromatic rings. The van der Waals surface area contributed by atoms with Gasteiger partial charge in [0, 0.05) is 19.0 Å². The largest absolute Gasteiger partial charge is 0.407 e. The van der Waals surface area contributed by atoms with Gasteiger partial charge < -0.3 is 8.85 Å². The Labute approximate surface area is 341 Å². The lowest BCUT2D eigenvalue weighted by Crippen LogP contribution is -2.68. The van der Waals surface area contributed by atoms with E-state index in [2.05, 4.69) is 186 Å². The van der Waals surface area contributed by atoms with Crippen LogP contribution >= 0.6 is 0 Å². The van der Waals surface area contributed by atoms with E-state index < -0.39 is 16.6 Å². The summed E-state index contributed by atoms with van der Waals surface area (Å²) < 4.78 is 15.3. The lowest BCUT2D eigenvalue weighted by Gasteiger charge is -2.46. The summed E-state index contributed by atoms with van der Waals surface area (Å²) in [5.74, 6) is 0. The fourth-order valence-electron chi connectivity index (χ4n) is 8.48. The Balaban J connectivity index is 1.34. The smallest absolute Gasteiger partial charge is 0.261 e. The predicted octanol–water partition coefficient (Wildman–Crippen LogP) is 11.2.